The van der Waals surface area contributed by atoms with Crippen LogP contribution in [-0.4, -0.2) is 151 Å². The fourth-order valence-corrected chi connectivity index (χ4v) is 10.1. The van der Waals surface area contributed by atoms with E-state index >= 15 is 0 Å². The van der Waals surface area contributed by atoms with Crippen molar-refractivity contribution < 1.29 is 57.4 Å². The highest BCUT2D eigenvalue weighted by Gasteiger charge is 2.44. The van der Waals surface area contributed by atoms with Crippen LogP contribution >= 0.6 is 0 Å². The molecular weight excluding hydrogens is 937 g/mol. The Bertz CT molecular complexity index is 2140. The fourth-order valence-electron chi connectivity index (χ4n) is 10.1. The van der Waals surface area contributed by atoms with Crippen molar-refractivity contribution >= 4 is 47.4 Å². The molecule has 2 aliphatic heterocycles. The van der Waals surface area contributed by atoms with Gasteiger partial charge in [0.2, 0.25) is 23.6 Å². The van der Waals surface area contributed by atoms with Gasteiger partial charge in [0.25, 0.3) is 11.8 Å². The number of hydrogen-bond donors (Lipinski definition) is 2. The summed E-state index contributed by atoms with van der Waals surface area (Å²) in [4.78, 5) is 118. The lowest BCUT2D eigenvalue weighted by atomic mass is 9.89. The van der Waals surface area contributed by atoms with Crippen LogP contribution in [0.4, 0.5) is 0 Å². The summed E-state index contributed by atoms with van der Waals surface area (Å²) in [6.45, 7) is 15.9. The van der Waals surface area contributed by atoms with Gasteiger partial charge in [0.05, 0.1) is 42.7 Å². The highest BCUT2D eigenvalue weighted by molar-refractivity contribution is 6.01. The minimum Gasteiger partial charge on any atom is -0.459 e. The van der Waals surface area contributed by atoms with E-state index in [9.17, 15) is 38.4 Å². The summed E-state index contributed by atoms with van der Waals surface area (Å²) in [7, 11) is 6.46. The zero-order chi connectivity index (χ0) is 54.1. The molecule has 4 rings (SSSR count). The van der Waals surface area contributed by atoms with E-state index in [2.05, 4.69) is 10.6 Å². The second kappa shape index (κ2) is 28.7. The van der Waals surface area contributed by atoms with Crippen LogP contribution in [0.25, 0.3) is 0 Å². The first-order chi connectivity index (χ1) is 34.7. The van der Waals surface area contributed by atoms with E-state index in [-0.39, 0.29) is 74.2 Å². The summed E-state index contributed by atoms with van der Waals surface area (Å²) in [6.07, 6.45) is 0.555. The van der Waals surface area contributed by atoms with Crippen molar-refractivity contribution in [3.05, 3.63) is 71.8 Å². The zero-order valence-corrected chi connectivity index (χ0v) is 45.2. The molecule has 404 valence electrons. The molecule has 0 spiro atoms. The first-order valence-corrected chi connectivity index (χ1v) is 25.9. The molecule has 0 aromatic heterocycles. The number of rotatable bonds is 28. The SMILES string of the molecule is CC[C@H](C)C([C@@H](CC(=O)N1CCC[C@H]1[C@H](OC)[C@@H](C)C(=O)N[C@H](C(=O)OCc1ccccc1)[C@@H](C)c1ccccc1)OC)N(C)C(=O)[C@@H](NC(=O)[C@H](C(C)C)N(C)CCCC(=O)ON1C(=O)CCC1=O)C(C)C. The van der Waals surface area contributed by atoms with E-state index in [0.717, 1.165) is 11.1 Å². The van der Waals surface area contributed by atoms with E-state index < -0.39 is 83.9 Å². The van der Waals surface area contributed by atoms with Gasteiger partial charge in [-0.15, -0.1) is 5.06 Å². The third kappa shape index (κ3) is 16.1. The maximum absolute atomic E-state index is 14.7. The predicted molar refractivity (Wildman–Crippen MR) is 274 cm³/mol. The first-order valence-electron chi connectivity index (χ1n) is 25.9. The number of esters is 1. The lowest BCUT2D eigenvalue weighted by Crippen LogP contribution is -2.60. The number of carbonyl (C=O) groups is 8. The normalized spacial score (nSPS) is 18.6. The summed E-state index contributed by atoms with van der Waals surface area (Å²) < 4.78 is 17.9. The first kappa shape index (κ1) is 59.8. The smallest absolute Gasteiger partial charge is 0.333 e. The molecule has 18 nitrogen and oxygen atoms in total. The van der Waals surface area contributed by atoms with Gasteiger partial charge in [-0.2, -0.15) is 0 Å². The van der Waals surface area contributed by atoms with Crippen LogP contribution in [0.2, 0.25) is 0 Å². The molecule has 0 bridgehead atoms. The van der Waals surface area contributed by atoms with Crippen molar-refractivity contribution in [1.82, 2.24) is 30.4 Å². The summed E-state index contributed by atoms with van der Waals surface area (Å²) in [5.74, 6) is -5.63. The number of carbonyl (C=O) groups excluding carboxylic acids is 8. The number of nitrogens with zero attached hydrogens (tertiary/aromatic N) is 4. The Balaban J connectivity index is 1.45. The van der Waals surface area contributed by atoms with Crippen molar-refractivity contribution in [3.8, 4) is 0 Å². The van der Waals surface area contributed by atoms with Gasteiger partial charge in [0.15, 0.2) is 0 Å². The molecule has 2 aromatic carbocycles. The van der Waals surface area contributed by atoms with E-state index in [1.807, 2.05) is 109 Å². The second-order valence-electron chi connectivity index (χ2n) is 20.4. The van der Waals surface area contributed by atoms with Crippen molar-refractivity contribution in [1.29, 1.82) is 0 Å². The van der Waals surface area contributed by atoms with Crippen molar-refractivity contribution in [2.45, 2.75) is 162 Å². The summed E-state index contributed by atoms with van der Waals surface area (Å²) in [6, 6.07) is 15.1. The van der Waals surface area contributed by atoms with E-state index in [4.69, 9.17) is 19.0 Å². The maximum Gasteiger partial charge on any atom is 0.333 e. The average molecular weight is 1020 g/mol. The number of likely N-dealkylation sites (N-methyl/N-ethyl adjacent to an activating group) is 2. The zero-order valence-electron chi connectivity index (χ0n) is 45.2. The number of likely N-dealkylation sites (tertiary alicyclic amines) is 1. The topological polar surface area (TPSA) is 210 Å². The number of hydrogen-bond acceptors (Lipinski definition) is 13. The summed E-state index contributed by atoms with van der Waals surface area (Å²) in [5.41, 5.74) is 1.66. The standard InChI is InChI=1S/C55H82N6O12/c1-13-36(6)50(59(10)54(68)47(34(2)3)56-53(67)49(35(4)5)58(9)30-21-27-46(65)73-61-43(62)28-29-44(61)63)42(70-11)32-45(64)60-31-20-26-41(60)51(71-12)38(8)52(66)57-48(37(7)40-24-18-15-19-25-40)55(69)72-33-39-22-16-14-17-23-39/h14-19,22-25,34-38,41-42,47-51H,13,20-21,26-33H2,1-12H3,(H,56,67)(H,57,66)/t36-,37-,38+,41-,42+,47-,48-,49-,50?,51+/m0/s1. The Hall–Kier alpha value is -5.72. The lowest BCUT2D eigenvalue weighted by Gasteiger charge is -2.41. The molecule has 0 saturated carbocycles. The maximum atomic E-state index is 14.7. The molecule has 6 amide bonds. The Kier molecular flexibility index (Phi) is 23.5. The average Bonchev–Trinajstić information content (AvgIpc) is 3.98. The number of benzene rings is 2. The molecule has 2 aliphatic rings. The van der Waals surface area contributed by atoms with Gasteiger partial charge in [-0.25, -0.2) is 9.59 Å². The molecule has 0 aliphatic carbocycles. The third-order valence-corrected chi connectivity index (χ3v) is 14.6. The van der Waals surface area contributed by atoms with Crippen LogP contribution < -0.4 is 10.6 Å². The number of methoxy groups -OCH3 is 2. The highest BCUT2D eigenvalue weighted by atomic mass is 16.7. The van der Waals surface area contributed by atoms with Crippen LogP contribution in [0.5, 0.6) is 0 Å². The second-order valence-corrected chi connectivity index (χ2v) is 20.4. The molecule has 2 saturated heterocycles. The van der Waals surface area contributed by atoms with Crippen molar-refractivity contribution in [3.63, 3.8) is 0 Å². The van der Waals surface area contributed by atoms with E-state index in [1.165, 1.54) is 14.2 Å². The highest BCUT2D eigenvalue weighted by Crippen LogP contribution is 2.31. The van der Waals surface area contributed by atoms with Gasteiger partial charge in [-0.3, -0.25) is 33.7 Å². The van der Waals surface area contributed by atoms with Gasteiger partial charge >= 0.3 is 11.9 Å². The fraction of sp³-hybridized carbons (Fsp3) is 0.636. The third-order valence-electron chi connectivity index (χ3n) is 14.6. The Labute approximate surface area is 432 Å². The quantitative estimate of drug-likeness (QED) is 0.0807. The van der Waals surface area contributed by atoms with Gasteiger partial charge in [0, 0.05) is 53.0 Å². The number of nitrogens with one attached hydrogen (secondary N) is 2. The van der Waals surface area contributed by atoms with Gasteiger partial charge in [0.1, 0.15) is 18.7 Å². The van der Waals surface area contributed by atoms with Crippen LogP contribution in [0.3, 0.4) is 0 Å². The molecule has 73 heavy (non-hydrogen) atoms. The minimum atomic E-state index is -1.01. The van der Waals surface area contributed by atoms with Crippen LogP contribution in [-0.2, 0) is 64.0 Å². The van der Waals surface area contributed by atoms with Crippen molar-refractivity contribution in [2.24, 2.45) is 23.7 Å². The largest absolute Gasteiger partial charge is 0.459 e. The molecule has 10 atom stereocenters. The summed E-state index contributed by atoms with van der Waals surface area (Å²) >= 11 is 0. The molecule has 2 N–H and O–H groups in total. The number of ether oxygens (including phenoxy) is 3. The lowest BCUT2D eigenvalue weighted by molar-refractivity contribution is -0.197. The van der Waals surface area contributed by atoms with E-state index in [0.29, 0.717) is 37.4 Å². The molecule has 1 unspecified atom stereocenters. The van der Waals surface area contributed by atoms with E-state index in [1.54, 1.807) is 35.7 Å². The van der Waals surface area contributed by atoms with Crippen LogP contribution in [0, 0.1) is 23.7 Å². The number of imide groups is 1. The minimum absolute atomic E-state index is 0.00368. The van der Waals surface area contributed by atoms with Gasteiger partial charge in [-0.1, -0.05) is 122 Å². The number of amides is 6. The Morgan fingerprint density at radius 3 is 1.95 bits per heavy atom. The van der Waals surface area contributed by atoms with Crippen molar-refractivity contribution in [2.75, 3.05) is 41.4 Å². The Morgan fingerprint density at radius 1 is 0.781 bits per heavy atom. The molecule has 2 fully saturated rings. The predicted octanol–water partition coefficient (Wildman–Crippen LogP) is 5.42. The molecule has 2 heterocycles. The van der Waals surface area contributed by atoms with Crippen LogP contribution in [0.1, 0.15) is 124 Å². The number of hydroxylamine groups is 2. The van der Waals surface area contributed by atoms with Crippen LogP contribution in [0.15, 0.2) is 60.7 Å². The van der Waals surface area contributed by atoms with Gasteiger partial charge < -0.3 is 39.5 Å². The Morgan fingerprint density at radius 2 is 1.38 bits per heavy atom. The molecule has 18 heteroatoms. The molecule has 2 aromatic rings. The summed E-state index contributed by atoms with van der Waals surface area (Å²) in [5, 5.41) is 6.53. The molecule has 0 radical (unpaired) electrons. The molecular formula is C55H82N6O12. The monoisotopic (exact) mass is 1020 g/mol. The van der Waals surface area contributed by atoms with Gasteiger partial charge in [-0.05, 0) is 61.7 Å².